The van der Waals surface area contributed by atoms with Crippen molar-refractivity contribution in [3.63, 3.8) is 0 Å². The Morgan fingerprint density at radius 2 is 1.79 bits per heavy atom. The summed E-state index contributed by atoms with van der Waals surface area (Å²) in [5, 5.41) is 2.99. The molecule has 0 saturated carbocycles. The molecule has 3 nitrogen and oxygen atoms in total. The van der Waals surface area contributed by atoms with Crippen molar-refractivity contribution in [2.75, 3.05) is 18.4 Å². The van der Waals surface area contributed by atoms with E-state index < -0.39 is 0 Å². The smallest absolute Gasteiger partial charge is 0.241 e. The summed E-state index contributed by atoms with van der Waals surface area (Å²) >= 11 is 0. The van der Waals surface area contributed by atoms with Gasteiger partial charge in [0.05, 0.1) is 6.04 Å². The van der Waals surface area contributed by atoms with E-state index in [1.807, 2.05) is 37.3 Å². The lowest BCUT2D eigenvalue weighted by molar-refractivity contribution is -0.121. The van der Waals surface area contributed by atoms with Crippen LogP contribution < -0.4 is 5.32 Å². The van der Waals surface area contributed by atoms with E-state index in [1.165, 1.54) is 6.42 Å². The number of carbonyl (C=O) groups is 1. The highest BCUT2D eigenvalue weighted by molar-refractivity contribution is 5.94. The third kappa shape index (κ3) is 3.80. The molecule has 0 aromatic heterocycles. The first kappa shape index (κ1) is 14.1. The summed E-state index contributed by atoms with van der Waals surface area (Å²) in [5.74, 6) is 1.44. The standard InChI is InChI=1S/C16H24N2O/c1-12-9-13(2)11-18(10-12)14(3)16(19)17-15-7-5-4-6-8-15/h4-8,12-14H,9-11H2,1-3H3,(H,17,19)/t12-,13-,14-/m1/s1. The average molecular weight is 260 g/mol. The minimum atomic E-state index is -0.0644. The number of anilines is 1. The largest absolute Gasteiger partial charge is 0.325 e. The van der Waals surface area contributed by atoms with Gasteiger partial charge in [-0.15, -0.1) is 0 Å². The molecule has 0 radical (unpaired) electrons. The highest BCUT2D eigenvalue weighted by Crippen LogP contribution is 2.23. The van der Waals surface area contributed by atoms with Crippen LogP contribution in [0.2, 0.25) is 0 Å². The predicted octanol–water partition coefficient (Wildman–Crippen LogP) is 2.99. The molecule has 19 heavy (non-hydrogen) atoms. The Labute approximate surface area is 116 Å². The first-order valence-electron chi connectivity index (χ1n) is 7.16. The van der Waals surface area contributed by atoms with Gasteiger partial charge in [-0.25, -0.2) is 0 Å². The van der Waals surface area contributed by atoms with Gasteiger partial charge in [0.25, 0.3) is 0 Å². The van der Waals surface area contributed by atoms with E-state index in [4.69, 9.17) is 0 Å². The van der Waals surface area contributed by atoms with Crippen molar-refractivity contribution in [3.05, 3.63) is 30.3 Å². The van der Waals surface area contributed by atoms with Gasteiger partial charge in [-0.3, -0.25) is 9.69 Å². The normalized spacial score (nSPS) is 25.8. The Hall–Kier alpha value is -1.35. The molecule has 0 unspecified atom stereocenters. The second-order valence-electron chi connectivity index (χ2n) is 5.93. The maximum Gasteiger partial charge on any atom is 0.241 e. The van der Waals surface area contributed by atoms with E-state index in [9.17, 15) is 4.79 Å². The Kier molecular flexibility index (Phi) is 4.59. The number of likely N-dealkylation sites (tertiary alicyclic amines) is 1. The quantitative estimate of drug-likeness (QED) is 0.906. The SMILES string of the molecule is C[C@@H]1C[C@@H](C)CN([C@H](C)C(=O)Nc2ccccc2)C1. The van der Waals surface area contributed by atoms with Crippen molar-refractivity contribution in [1.29, 1.82) is 0 Å². The van der Waals surface area contributed by atoms with Crippen LogP contribution in [0.3, 0.4) is 0 Å². The Morgan fingerprint density at radius 3 is 2.37 bits per heavy atom. The number of piperidine rings is 1. The van der Waals surface area contributed by atoms with Crippen molar-refractivity contribution in [2.24, 2.45) is 11.8 Å². The molecule has 1 aliphatic heterocycles. The number of hydrogen-bond acceptors (Lipinski definition) is 2. The number of carbonyl (C=O) groups excluding carboxylic acids is 1. The van der Waals surface area contributed by atoms with Gasteiger partial charge in [0.15, 0.2) is 0 Å². The molecule has 1 aromatic rings. The Balaban J connectivity index is 1.95. The molecular weight excluding hydrogens is 236 g/mol. The number of nitrogens with zero attached hydrogens (tertiary/aromatic N) is 1. The summed E-state index contributed by atoms with van der Waals surface area (Å²) in [6.45, 7) is 8.58. The number of para-hydroxylation sites is 1. The molecule has 1 aromatic carbocycles. The number of nitrogens with one attached hydrogen (secondary N) is 1. The second kappa shape index (κ2) is 6.20. The van der Waals surface area contributed by atoms with E-state index in [2.05, 4.69) is 24.1 Å². The van der Waals surface area contributed by atoms with Crippen LogP contribution in [0.25, 0.3) is 0 Å². The zero-order chi connectivity index (χ0) is 13.8. The summed E-state index contributed by atoms with van der Waals surface area (Å²) in [5.41, 5.74) is 0.873. The summed E-state index contributed by atoms with van der Waals surface area (Å²) in [6.07, 6.45) is 1.27. The lowest BCUT2D eigenvalue weighted by atomic mass is 9.91. The summed E-state index contributed by atoms with van der Waals surface area (Å²) in [6, 6.07) is 9.60. The minimum absolute atomic E-state index is 0.0644. The lowest BCUT2D eigenvalue weighted by Crippen LogP contribution is -2.48. The van der Waals surface area contributed by atoms with Gasteiger partial charge >= 0.3 is 0 Å². The van der Waals surface area contributed by atoms with Crippen LogP contribution in [0.1, 0.15) is 27.2 Å². The van der Waals surface area contributed by atoms with E-state index in [0.29, 0.717) is 11.8 Å². The lowest BCUT2D eigenvalue weighted by Gasteiger charge is -2.38. The number of rotatable bonds is 3. The van der Waals surface area contributed by atoms with Gasteiger partial charge in [0.2, 0.25) is 5.91 Å². The van der Waals surface area contributed by atoms with Crippen LogP contribution in [0.4, 0.5) is 5.69 Å². The number of hydrogen-bond donors (Lipinski definition) is 1. The van der Waals surface area contributed by atoms with E-state index >= 15 is 0 Å². The Morgan fingerprint density at radius 1 is 1.21 bits per heavy atom. The summed E-state index contributed by atoms with van der Waals surface area (Å²) < 4.78 is 0. The first-order chi connectivity index (χ1) is 9.06. The first-order valence-corrected chi connectivity index (χ1v) is 7.16. The van der Waals surface area contributed by atoms with E-state index in [1.54, 1.807) is 0 Å². The maximum absolute atomic E-state index is 12.3. The highest BCUT2D eigenvalue weighted by atomic mass is 16.2. The molecular formula is C16H24N2O. The molecule has 3 heteroatoms. The van der Waals surface area contributed by atoms with Gasteiger partial charge in [0, 0.05) is 18.8 Å². The van der Waals surface area contributed by atoms with Crippen LogP contribution in [0.15, 0.2) is 30.3 Å². The molecule has 1 N–H and O–H groups in total. The number of amides is 1. The molecule has 2 rings (SSSR count). The second-order valence-corrected chi connectivity index (χ2v) is 5.93. The van der Waals surface area contributed by atoms with Gasteiger partial charge in [-0.1, -0.05) is 32.0 Å². The van der Waals surface area contributed by atoms with E-state index in [-0.39, 0.29) is 11.9 Å². The fourth-order valence-corrected chi connectivity index (χ4v) is 2.96. The molecule has 3 atom stereocenters. The third-order valence-corrected chi connectivity index (χ3v) is 3.87. The monoisotopic (exact) mass is 260 g/mol. The van der Waals surface area contributed by atoms with Crippen molar-refractivity contribution < 1.29 is 4.79 Å². The van der Waals surface area contributed by atoms with Crippen molar-refractivity contribution >= 4 is 11.6 Å². The molecule has 0 spiro atoms. The van der Waals surface area contributed by atoms with Crippen molar-refractivity contribution in [3.8, 4) is 0 Å². The maximum atomic E-state index is 12.3. The molecule has 1 aliphatic rings. The summed E-state index contributed by atoms with van der Waals surface area (Å²) in [4.78, 5) is 14.6. The van der Waals surface area contributed by atoms with Crippen LogP contribution in [-0.2, 0) is 4.79 Å². The molecule has 0 aliphatic carbocycles. The van der Waals surface area contributed by atoms with Gasteiger partial charge in [0.1, 0.15) is 0 Å². The van der Waals surface area contributed by atoms with Crippen LogP contribution in [-0.4, -0.2) is 29.9 Å². The van der Waals surface area contributed by atoms with Gasteiger partial charge < -0.3 is 5.32 Å². The molecule has 104 valence electrons. The zero-order valence-electron chi connectivity index (χ0n) is 12.1. The molecule has 1 fully saturated rings. The zero-order valence-corrected chi connectivity index (χ0v) is 12.1. The minimum Gasteiger partial charge on any atom is -0.325 e. The van der Waals surface area contributed by atoms with Gasteiger partial charge in [-0.05, 0) is 37.3 Å². The van der Waals surface area contributed by atoms with Crippen LogP contribution >= 0.6 is 0 Å². The number of benzene rings is 1. The fourth-order valence-electron chi connectivity index (χ4n) is 2.96. The molecule has 0 bridgehead atoms. The van der Waals surface area contributed by atoms with Crippen molar-refractivity contribution in [1.82, 2.24) is 4.90 Å². The molecule has 1 saturated heterocycles. The van der Waals surface area contributed by atoms with Crippen LogP contribution in [0.5, 0.6) is 0 Å². The van der Waals surface area contributed by atoms with Gasteiger partial charge in [-0.2, -0.15) is 0 Å². The summed E-state index contributed by atoms with van der Waals surface area (Å²) in [7, 11) is 0. The highest BCUT2D eigenvalue weighted by Gasteiger charge is 2.28. The van der Waals surface area contributed by atoms with E-state index in [0.717, 1.165) is 18.8 Å². The predicted molar refractivity (Wildman–Crippen MR) is 79.1 cm³/mol. The fraction of sp³-hybridized carbons (Fsp3) is 0.562. The average Bonchev–Trinajstić information content (AvgIpc) is 2.37. The molecule has 1 amide bonds. The topological polar surface area (TPSA) is 32.3 Å². The Bertz CT molecular complexity index is 408. The third-order valence-electron chi connectivity index (χ3n) is 3.87. The molecule has 1 heterocycles. The van der Waals surface area contributed by atoms with Crippen LogP contribution in [0, 0.1) is 11.8 Å². The van der Waals surface area contributed by atoms with Crippen molar-refractivity contribution in [2.45, 2.75) is 33.2 Å².